The summed E-state index contributed by atoms with van der Waals surface area (Å²) in [5.41, 5.74) is 0.337. The second kappa shape index (κ2) is 5.43. The fourth-order valence-electron chi connectivity index (χ4n) is 1.39. The van der Waals surface area contributed by atoms with E-state index in [2.05, 4.69) is 15.9 Å². The molecule has 0 unspecified atom stereocenters. The van der Waals surface area contributed by atoms with E-state index < -0.39 is 10.1 Å². The van der Waals surface area contributed by atoms with Crippen molar-refractivity contribution < 1.29 is 12.6 Å². The average Bonchev–Trinajstić information content (AvgIpc) is 2.39. The molecule has 0 saturated heterocycles. The number of hydrogen-bond donors (Lipinski definition) is 0. The molecular weight excluding hydrogens is 330 g/mol. The van der Waals surface area contributed by atoms with Crippen LogP contribution in [0.15, 0.2) is 57.9 Å². The van der Waals surface area contributed by atoms with Crippen molar-refractivity contribution in [2.45, 2.75) is 4.90 Å². The zero-order valence-corrected chi connectivity index (χ0v) is 12.0. The lowest BCUT2D eigenvalue weighted by molar-refractivity contribution is 0.486. The molecule has 0 amide bonds. The molecule has 4 nitrogen and oxygen atoms in total. The Morgan fingerprint density at radius 2 is 1.79 bits per heavy atom. The van der Waals surface area contributed by atoms with Gasteiger partial charge in [0.05, 0.1) is 11.6 Å². The van der Waals surface area contributed by atoms with Crippen molar-refractivity contribution in [2.75, 3.05) is 0 Å². The van der Waals surface area contributed by atoms with Gasteiger partial charge in [0.15, 0.2) is 0 Å². The summed E-state index contributed by atoms with van der Waals surface area (Å²) in [6.07, 6.45) is 0. The summed E-state index contributed by atoms with van der Waals surface area (Å²) in [5.74, 6) is 0.113. The van der Waals surface area contributed by atoms with E-state index in [1.54, 1.807) is 24.3 Å². The van der Waals surface area contributed by atoms with E-state index in [-0.39, 0.29) is 10.6 Å². The summed E-state index contributed by atoms with van der Waals surface area (Å²) in [6, 6.07) is 14.0. The lowest BCUT2D eigenvalue weighted by Crippen LogP contribution is -2.09. The van der Waals surface area contributed by atoms with Crippen LogP contribution < -0.4 is 4.18 Å². The van der Waals surface area contributed by atoms with Gasteiger partial charge in [-0.15, -0.1) is 0 Å². The molecule has 0 aliphatic heterocycles. The summed E-state index contributed by atoms with van der Waals surface area (Å²) in [4.78, 5) is 0.0538. The third kappa shape index (κ3) is 3.34. The van der Waals surface area contributed by atoms with Crippen LogP contribution in [0, 0.1) is 11.3 Å². The van der Waals surface area contributed by atoms with Crippen molar-refractivity contribution in [3.05, 3.63) is 58.6 Å². The Kier molecular flexibility index (Phi) is 3.88. The van der Waals surface area contributed by atoms with Gasteiger partial charge >= 0.3 is 10.1 Å². The minimum Gasteiger partial charge on any atom is -0.379 e. The van der Waals surface area contributed by atoms with Crippen molar-refractivity contribution in [1.29, 1.82) is 5.26 Å². The van der Waals surface area contributed by atoms with Crippen LogP contribution in [-0.4, -0.2) is 8.42 Å². The Labute approximate surface area is 119 Å². The molecule has 2 aromatic rings. The van der Waals surface area contributed by atoms with E-state index in [1.165, 1.54) is 24.3 Å². The average molecular weight is 338 g/mol. The number of hydrogen-bond acceptors (Lipinski definition) is 4. The lowest BCUT2D eigenvalue weighted by atomic mass is 10.2. The van der Waals surface area contributed by atoms with Gasteiger partial charge in [-0.05, 0) is 42.5 Å². The highest BCUT2D eigenvalue weighted by atomic mass is 79.9. The molecule has 0 fully saturated rings. The van der Waals surface area contributed by atoms with Crippen molar-refractivity contribution in [2.24, 2.45) is 0 Å². The first-order valence-corrected chi connectivity index (χ1v) is 7.41. The van der Waals surface area contributed by atoms with Gasteiger partial charge in [-0.1, -0.05) is 22.0 Å². The number of nitriles is 1. The summed E-state index contributed by atoms with van der Waals surface area (Å²) >= 11 is 3.23. The Morgan fingerprint density at radius 3 is 2.42 bits per heavy atom. The normalized spacial score (nSPS) is 10.7. The van der Waals surface area contributed by atoms with E-state index in [0.717, 1.165) is 4.47 Å². The molecule has 0 saturated carbocycles. The van der Waals surface area contributed by atoms with E-state index in [4.69, 9.17) is 9.44 Å². The Morgan fingerprint density at radius 1 is 1.11 bits per heavy atom. The highest BCUT2D eigenvalue weighted by Crippen LogP contribution is 2.21. The molecule has 0 bridgehead atoms. The minimum atomic E-state index is -3.89. The second-order valence-corrected chi connectivity index (χ2v) is 6.09. The zero-order chi connectivity index (χ0) is 13.9. The first kappa shape index (κ1) is 13.6. The number of benzene rings is 2. The third-order valence-electron chi connectivity index (χ3n) is 2.27. The Balaban J connectivity index is 2.31. The molecule has 19 heavy (non-hydrogen) atoms. The highest BCUT2D eigenvalue weighted by molar-refractivity contribution is 9.10. The molecule has 0 aliphatic carbocycles. The molecule has 2 aromatic carbocycles. The molecule has 0 aliphatic rings. The second-order valence-electron chi connectivity index (χ2n) is 3.63. The summed E-state index contributed by atoms with van der Waals surface area (Å²) in [5, 5.41) is 8.75. The van der Waals surface area contributed by atoms with Gasteiger partial charge in [-0.25, -0.2) is 0 Å². The van der Waals surface area contributed by atoms with Gasteiger partial charge in [-0.3, -0.25) is 0 Å². The van der Waals surface area contributed by atoms with Crippen molar-refractivity contribution in [3.8, 4) is 11.8 Å². The molecule has 96 valence electrons. The summed E-state index contributed by atoms with van der Waals surface area (Å²) in [6.45, 7) is 0. The van der Waals surface area contributed by atoms with Crippen molar-refractivity contribution in [3.63, 3.8) is 0 Å². The van der Waals surface area contributed by atoms with Crippen LogP contribution in [0.25, 0.3) is 0 Å². The van der Waals surface area contributed by atoms with Crippen LogP contribution >= 0.6 is 15.9 Å². The predicted molar refractivity (Wildman–Crippen MR) is 73.1 cm³/mol. The van der Waals surface area contributed by atoms with Gasteiger partial charge in [0.2, 0.25) is 0 Å². The van der Waals surface area contributed by atoms with Crippen molar-refractivity contribution in [1.82, 2.24) is 0 Å². The maximum atomic E-state index is 12.0. The van der Waals surface area contributed by atoms with Crippen LogP contribution in [0.2, 0.25) is 0 Å². The topological polar surface area (TPSA) is 67.2 Å². The minimum absolute atomic E-state index is 0.0538. The first-order valence-electron chi connectivity index (χ1n) is 5.21. The summed E-state index contributed by atoms with van der Waals surface area (Å²) < 4.78 is 29.7. The SMILES string of the molecule is N#Cc1cccc(OS(=O)(=O)c2ccc(Br)cc2)c1. The van der Waals surface area contributed by atoms with Gasteiger partial charge in [-0.2, -0.15) is 13.7 Å². The fourth-order valence-corrected chi connectivity index (χ4v) is 2.58. The van der Waals surface area contributed by atoms with E-state index in [9.17, 15) is 8.42 Å². The van der Waals surface area contributed by atoms with E-state index in [0.29, 0.717) is 5.56 Å². The maximum absolute atomic E-state index is 12.0. The summed E-state index contributed by atoms with van der Waals surface area (Å²) in [7, 11) is -3.89. The van der Waals surface area contributed by atoms with Gasteiger partial charge in [0, 0.05) is 4.47 Å². The maximum Gasteiger partial charge on any atom is 0.339 e. The third-order valence-corrected chi connectivity index (χ3v) is 4.06. The quantitative estimate of drug-likeness (QED) is 0.807. The number of nitrogens with zero attached hydrogens (tertiary/aromatic N) is 1. The van der Waals surface area contributed by atoms with Crippen LogP contribution in [0.3, 0.4) is 0 Å². The monoisotopic (exact) mass is 337 g/mol. The Hall–Kier alpha value is -1.84. The molecular formula is C13H8BrNO3S. The zero-order valence-electron chi connectivity index (χ0n) is 9.58. The molecule has 6 heteroatoms. The fraction of sp³-hybridized carbons (Fsp3) is 0. The molecule has 0 radical (unpaired) electrons. The van der Waals surface area contributed by atoms with Gasteiger partial charge in [0.1, 0.15) is 10.6 Å². The predicted octanol–water partition coefficient (Wildman–Crippen LogP) is 3.09. The lowest BCUT2D eigenvalue weighted by Gasteiger charge is -2.07. The molecule has 0 N–H and O–H groups in total. The number of halogens is 1. The van der Waals surface area contributed by atoms with E-state index in [1.807, 2.05) is 6.07 Å². The standard InChI is InChI=1S/C13H8BrNO3S/c14-11-4-6-13(7-5-11)19(16,17)18-12-3-1-2-10(8-12)9-15/h1-8H. The molecule has 0 aromatic heterocycles. The number of rotatable bonds is 3. The Bertz CT molecular complexity index is 733. The first-order chi connectivity index (χ1) is 9.01. The molecule has 0 spiro atoms. The molecule has 2 rings (SSSR count). The van der Waals surface area contributed by atoms with Gasteiger partial charge in [0.25, 0.3) is 0 Å². The van der Waals surface area contributed by atoms with E-state index >= 15 is 0 Å². The van der Waals surface area contributed by atoms with Crippen molar-refractivity contribution >= 4 is 26.0 Å². The molecule has 0 heterocycles. The van der Waals surface area contributed by atoms with Crippen LogP contribution in [0.1, 0.15) is 5.56 Å². The van der Waals surface area contributed by atoms with Crippen LogP contribution in [0.5, 0.6) is 5.75 Å². The highest BCUT2D eigenvalue weighted by Gasteiger charge is 2.16. The largest absolute Gasteiger partial charge is 0.379 e. The molecule has 0 atom stereocenters. The van der Waals surface area contributed by atoms with Gasteiger partial charge < -0.3 is 4.18 Å². The van der Waals surface area contributed by atoms with Crippen LogP contribution in [0.4, 0.5) is 0 Å². The smallest absolute Gasteiger partial charge is 0.339 e. The van der Waals surface area contributed by atoms with Crippen LogP contribution in [-0.2, 0) is 10.1 Å².